The van der Waals surface area contributed by atoms with Crippen LogP contribution < -0.4 is 5.32 Å². The molecule has 1 heterocycles. The predicted octanol–water partition coefficient (Wildman–Crippen LogP) is 3.63. The summed E-state index contributed by atoms with van der Waals surface area (Å²) in [6.07, 6.45) is 4.20. The first kappa shape index (κ1) is 11.2. The van der Waals surface area contributed by atoms with Gasteiger partial charge in [-0.1, -0.05) is 20.3 Å². The van der Waals surface area contributed by atoms with Gasteiger partial charge in [-0.15, -0.1) is 0 Å². The maximum atomic E-state index is 3.58. The van der Waals surface area contributed by atoms with Crippen molar-refractivity contribution in [2.45, 2.75) is 45.1 Å². The van der Waals surface area contributed by atoms with Crippen LogP contribution in [0.4, 0.5) is 0 Å². The van der Waals surface area contributed by atoms with Crippen LogP contribution in [-0.2, 0) is 0 Å². The minimum atomic E-state index is 0.619. The maximum absolute atomic E-state index is 3.58. The zero-order valence-electron chi connectivity index (χ0n) is 9.70. The largest absolute Gasteiger partial charge is 0.314 e. The van der Waals surface area contributed by atoms with Gasteiger partial charge in [-0.2, -0.15) is 11.3 Å². The number of rotatable bonds is 4. The Morgan fingerprint density at radius 3 is 3.00 bits per heavy atom. The highest BCUT2D eigenvalue weighted by atomic mass is 32.1. The van der Waals surface area contributed by atoms with Gasteiger partial charge >= 0.3 is 0 Å². The molecule has 0 amide bonds. The molecule has 2 unspecified atom stereocenters. The summed E-state index contributed by atoms with van der Waals surface area (Å²) in [7, 11) is 0. The van der Waals surface area contributed by atoms with Crippen molar-refractivity contribution < 1.29 is 0 Å². The van der Waals surface area contributed by atoms with E-state index in [1.807, 2.05) is 11.3 Å². The van der Waals surface area contributed by atoms with E-state index in [2.05, 4.69) is 36.0 Å². The summed E-state index contributed by atoms with van der Waals surface area (Å²) in [5.41, 5.74) is 1.58. The standard InChI is InChI=1S/C13H21NS/c1-10(2)14-8-11-4-3-5-13(11)12-6-7-15-9-12/h6-7,9-11,13-14H,3-5,8H2,1-2H3. The van der Waals surface area contributed by atoms with Gasteiger partial charge < -0.3 is 5.32 Å². The first-order valence-corrected chi connectivity index (χ1v) is 6.97. The van der Waals surface area contributed by atoms with E-state index in [0.29, 0.717) is 6.04 Å². The number of hydrogen-bond donors (Lipinski definition) is 1. The molecule has 0 spiro atoms. The summed E-state index contributed by atoms with van der Waals surface area (Å²) >= 11 is 1.83. The monoisotopic (exact) mass is 223 g/mol. The van der Waals surface area contributed by atoms with Crippen molar-refractivity contribution >= 4 is 11.3 Å². The van der Waals surface area contributed by atoms with E-state index in [4.69, 9.17) is 0 Å². The van der Waals surface area contributed by atoms with E-state index < -0.39 is 0 Å². The van der Waals surface area contributed by atoms with Gasteiger partial charge in [-0.3, -0.25) is 0 Å². The summed E-state index contributed by atoms with van der Waals surface area (Å²) in [5.74, 6) is 1.68. The normalized spacial score (nSPS) is 26.3. The lowest BCUT2D eigenvalue weighted by Gasteiger charge is -2.20. The van der Waals surface area contributed by atoms with E-state index in [1.165, 1.54) is 25.8 Å². The highest BCUT2D eigenvalue weighted by molar-refractivity contribution is 7.07. The molecule has 1 fully saturated rings. The predicted molar refractivity (Wildman–Crippen MR) is 67.5 cm³/mol. The van der Waals surface area contributed by atoms with E-state index in [0.717, 1.165) is 11.8 Å². The third kappa shape index (κ3) is 2.82. The van der Waals surface area contributed by atoms with E-state index in [1.54, 1.807) is 5.56 Å². The molecule has 1 saturated carbocycles. The summed E-state index contributed by atoms with van der Waals surface area (Å²) in [5, 5.41) is 8.12. The lowest BCUT2D eigenvalue weighted by atomic mass is 9.90. The SMILES string of the molecule is CC(C)NCC1CCCC1c1ccsc1. The Kier molecular flexibility index (Phi) is 3.81. The highest BCUT2D eigenvalue weighted by Gasteiger charge is 2.28. The van der Waals surface area contributed by atoms with Gasteiger partial charge in [0.15, 0.2) is 0 Å². The molecule has 0 radical (unpaired) electrons. The minimum Gasteiger partial charge on any atom is -0.314 e. The van der Waals surface area contributed by atoms with Gasteiger partial charge in [0.25, 0.3) is 0 Å². The molecule has 1 aromatic rings. The molecular formula is C13H21NS. The molecule has 2 atom stereocenters. The smallest absolute Gasteiger partial charge is 0.00104 e. The molecule has 0 saturated heterocycles. The van der Waals surface area contributed by atoms with Crippen LogP contribution in [0.1, 0.15) is 44.6 Å². The molecule has 84 valence electrons. The molecule has 2 heteroatoms. The molecule has 1 aliphatic rings. The summed E-state index contributed by atoms with van der Waals surface area (Å²) < 4.78 is 0. The molecular weight excluding hydrogens is 202 g/mol. The third-order valence-corrected chi connectivity index (χ3v) is 4.12. The van der Waals surface area contributed by atoms with Crippen LogP contribution in [0, 0.1) is 5.92 Å². The van der Waals surface area contributed by atoms with Crippen molar-refractivity contribution in [1.29, 1.82) is 0 Å². The van der Waals surface area contributed by atoms with Crippen molar-refractivity contribution in [3.63, 3.8) is 0 Å². The van der Waals surface area contributed by atoms with Gasteiger partial charge in [-0.25, -0.2) is 0 Å². The minimum absolute atomic E-state index is 0.619. The van der Waals surface area contributed by atoms with Crippen molar-refractivity contribution in [2.24, 2.45) is 5.92 Å². The fourth-order valence-corrected chi connectivity index (χ4v) is 3.32. The van der Waals surface area contributed by atoms with E-state index in [-0.39, 0.29) is 0 Å². The van der Waals surface area contributed by atoms with Crippen LogP contribution in [0.5, 0.6) is 0 Å². The van der Waals surface area contributed by atoms with E-state index >= 15 is 0 Å². The van der Waals surface area contributed by atoms with Gasteiger partial charge in [0, 0.05) is 6.04 Å². The Hall–Kier alpha value is -0.340. The Morgan fingerprint density at radius 1 is 1.47 bits per heavy atom. The highest BCUT2D eigenvalue weighted by Crippen LogP contribution is 2.39. The van der Waals surface area contributed by atoms with Crippen LogP contribution >= 0.6 is 11.3 Å². The summed E-state index contributed by atoms with van der Waals surface area (Å²) in [4.78, 5) is 0. The van der Waals surface area contributed by atoms with Crippen molar-refractivity contribution in [2.75, 3.05) is 6.54 Å². The van der Waals surface area contributed by atoms with Crippen LogP contribution in [0.3, 0.4) is 0 Å². The molecule has 1 aliphatic carbocycles. The average Bonchev–Trinajstić information content (AvgIpc) is 2.85. The quantitative estimate of drug-likeness (QED) is 0.822. The number of nitrogens with one attached hydrogen (secondary N) is 1. The van der Waals surface area contributed by atoms with Gasteiger partial charge in [0.05, 0.1) is 0 Å². The third-order valence-electron chi connectivity index (χ3n) is 3.42. The lowest BCUT2D eigenvalue weighted by molar-refractivity contribution is 0.423. The summed E-state index contributed by atoms with van der Waals surface area (Å²) in [6.45, 7) is 5.65. The second-order valence-corrected chi connectivity index (χ2v) is 5.70. The van der Waals surface area contributed by atoms with Gasteiger partial charge in [0.2, 0.25) is 0 Å². The van der Waals surface area contributed by atoms with Gasteiger partial charge in [0.1, 0.15) is 0 Å². The van der Waals surface area contributed by atoms with Crippen LogP contribution in [0.2, 0.25) is 0 Å². The zero-order valence-corrected chi connectivity index (χ0v) is 10.5. The fourth-order valence-electron chi connectivity index (χ4n) is 2.59. The zero-order chi connectivity index (χ0) is 10.7. The van der Waals surface area contributed by atoms with Gasteiger partial charge in [-0.05, 0) is 53.6 Å². The molecule has 1 aromatic heterocycles. The molecule has 0 bridgehead atoms. The lowest BCUT2D eigenvalue weighted by Crippen LogP contribution is -2.29. The molecule has 0 aromatic carbocycles. The Balaban J connectivity index is 1.93. The average molecular weight is 223 g/mol. The molecule has 2 rings (SSSR count). The first-order valence-electron chi connectivity index (χ1n) is 6.03. The van der Waals surface area contributed by atoms with Crippen LogP contribution in [-0.4, -0.2) is 12.6 Å². The molecule has 15 heavy (non-hydrogen) atoms. The Labute approximate surface area is 96.9 Å². The van der Waals surface area contributed by atoms with Crippen molar-refractivity contribution in [1.82, 2.24) is 5.32 Å². The Bertz CT molecular complexity index is 279. The van der Waals surface area contributed by atoms with Crippen molar-refractivity contribution in [3.8, 4) is 0 Å². The van der Waals surface area contributed by atoms with Crippen LogP contribution in [0.25, 0.3) is 0 Å². The second-order valence-electron chi connectivity index (χ2n) is 4.92. The topological polar surface area (TPSA) is 12.0 Å². The van der Waals surface area contributed by atoms with E-state index in [9.17, 15) is 0 Å². The molecule has 1 N–H and O–H groups in total. The first-order chi connectivity index (χ1) is 7.27. The number of thiophene rings is 1. The fraction of sp³-hybridized carbons (Fsp3) is 0.692. The Morgan fingerprint density at radius 2 is 2.33 bits per heavy atom. The second kappa shape index (κ2) is 5.13. The summed E-state index contributed by atoms with van der Waals surface area (Å²) in [6, 6.07) is 2.93. The van der Waals surface area contributed by atoms with Crippen molar-refractivity contribution in [3.05, 3.63) is 22.4 Å². The maximum Gasteiger partial charge on any atom is 0.00104 e. The molecule has 1 nitrogen and oxygen atoms in total. The molecule has 0 aliphatic heterocycles. The van der Waals surface area contributed by atoms with Crippen LogP contribution in [0.15, 0.2) is 16.8 Å². The number of hydrogen-bond acceptors (Lipinski definition) is 2.